The first-order valence-electron chi connectivity index (χ1n) is 8.65. The highest BCUT2D eigenvalue weighted by molar-refractivity contribution is 7.13. The lowest BCUT2D eigenvalue weighted by molar-refractivity contribution is 0.0464. The summed E-state index contributed by atoms with van der Waals surface area (Å²) in [5, 5.41) is 2.70. The highest BCUT2D eigenvalue weighted by Gasteiger charge is 2.19. The Balaban J connectivity index is 1.72. The maximum absolute atomic E-state index is 12.6. The summed E-state index contributed by atoms with van der Waals surface area (Å²) in [5.41, 5.74) is 1.87. The van der Waals surface area contributed by atoms with Gasteiger partial charge < -0.3 is 23.7 Å². The molecule has 0 unspecified atom stereocenters. The van der Waals surface area contributed by atoms with Crippen LogP contribution in [0.15, 0.2) is 41.8 Å². The van der Waals surface area contributed by atoms with E-state index in [4.69, 9.17) is 23.7 Å². The highest BCUT2D eigenvalue weighted by Crippen LogP contribution is 2.35. The predicted octanol–water partition coefficient (Wildman–Crippen LogP) is 4.20. The average molecular weight is 415 g/mol. The molecule has 3 aromatic rings. The molecule has 7 nitrogen and oxygen atoms in total. The number of benzene rings is 2. The molecule has 1 heterocycles. The van der Waals surface area contributed by atoms with Gasteiger partial charge in [-0.2, -0.15) is 0 Å². The number of thiazole rings is 1. The van der Waals surface area contributed by atoms with Gasteiger partial charge in [-0.25, -0.2) is 9.78 Å². The monoisotopic (exact) mass is 415 g/mol. The van der Waals surface area contributed by atoms with Crippen molar-refractivity contribution in [3.05, 3.63) is 53.0 Å². The molecular weight excluding hydrogens is 394 g/mol. The number of rotatable bonds is 8. The summed E-state index contributed by atoms with van der Waals surface area (Å²) in [6, 6.07) is 10.7. The van der Waals surface area contributed by atoms with Crippen molar-refractivity contribution >= 4 is 17.3 Å². The summed E-state index contributed by atoms with van der Waals surface area (Å²) in [4.78, 5) is 17.1. The standard InChI is InChI=1S/C21H21NO6S/c1-24-15-7-5-13(6-8-15)20-22-14(12-29-20)11-28-21(23)16-9-18(26-3)19(27-4)10-17(16)25-2/h5-10,12H,11H2,1-4H3. The number of methoxy groups -OCH3 is 4. The number of ether oxygens (including phenoxy) is 5. The Morgan fingerprint density at radius 3 is 2.17 bits per heavy atom. The van der Waals surface area contributed by atoms with Gasteiger partial charge in [-0.3, -0.25) is 0 Å². The minimum atomic E-state index is -0.540. The van der Waals surface area contributed by atoms with Crippen molar-refractivity contribution in [2.45, 2.75) is 6.61 Å². The maximum Gasteiger partial charge on any atom is 0.342 e. The Kier molecular flexibility index (Phi) is 6.56. The summed E-state index contributed by atoms with van der Waals surface area (Å²) >= 11 is 1.48. The Hall–Kier alpha value is -3.26. The van der Waals surface area contributed by atoms with E-state index in [1.165, 1.54) is 38.7 Å². The molecule has 152 valence electrons. The topological polar surface area (TPSA) is 76.1 Å². The average Bonchev–Trinajstić information content (AvgIpc) is 3.25. The van der Waals surface area contributed by atoms with Gasteiger partial charge in [0.2, 0.25) is 0 Å². The van der Waals surface area contributed by atoms with Crippen LogP contribution in [0, 0.1) is 0 Å². The quantitative estimate of drug-likeness (QED) is 0.510. The second kappa shape index (κ2) is 9.29. The molecule has 29 heavy (non-hydrogen) atoms. The van der Waals surface area contributed by atoms with E-state index in [-0.39, 0.29) is 12.2 Å². The summed E-state index contributed by atoms with van der Waals surface area (Å²) < 4.78 is 26.3. The second-order valence-electron chi connectivity index (χ2n) is 5.86. The molecule has 0 fully saturated rings. The molecule has 3 rings (SSSR count). The lowest BCUT2D eigenvalue weighted by Crippen LogP contribution is -2.08. The number of aromatic nitrogens is 1. The maximum atomic E-state index is 12.6. The first kappa shape index (κ1) is 20.5. The van der Waals surface area contributed by atoms with Crippen molar-refractivity contribution in [3.63, 3.8) is 0 Å². The van der Waals surface area contributed by atoms with E-state index < -0.39 is 5.97 Å². The third-order valence-electron chi connectivity index (χ3n) is 4.17. The molecule has 0 radical (unpaired) electrons. The molecule has 0 saturated heterocycles. The highest BCUT2D eigenvalue weighted by atomic mass is 32.1. The molecule has 0 atom stereocenters. The zero-order valence-electron chi connectivity index (χ0n) is 16.6. The van der Waals surface area contributed by atoms with Crippen LogP contribution < -0.4 is 18.9 Å². The van der Waals surface area contributed by atoms with Crippen LogP contribution in [0.4, 0.5) is 0 Å². The van der Waals surface area contributed by atoms with Crippen molar-refractivity contribution < 1.29 is 28.5 Å². The van der Waals surface area contributed by atoms with Crippen molar-refractivity contribution in [1.82, 2.24) is 4.98 Å². The minimum absolute atomic E-state index is 0.0446. The van der Waals surface area contributed by atoms with Gasteiger partial charge in [0, 0.05) is 23.1 Å². The molecule has 0 spiro atoms. The number of carbonyl (C=O) groups is 1. The summed E-state index contributed by atoms with van der Waals surface area (Å²) in [6.45, 7) is 0.0446. The van der Waals surface area contributed by atoms with Crippen LogP contribution in [-0.4, -0.2) is 39.4 Å². The second-order valence-corrected chi connectivity index (χ2v) is 6.71. The molecule has 0 aliphatic heterocycles. The van der Waals surface area contributed by atoms with Gasteiger partial charge in [-0.05, 0) is 24.3 Å². The fourth-order valence-electron chi connectivity index (χ4n) is 2.65. The first-order chi connectivity index (χ1) is 14.1. The van der Waals surface area contributed by atoms with Crippen LogP contribution in [0.1, 0.15) is 16.1 Å². The number of esters is 1. The van der Waals surface area contributed by atoms with Crippen molar-refractivity contribution in [1.29, 1.82) is 0 Å². The van der Waals surface area contributed by atoms with E-state index in [1.807, 2.05) is 29.6 Å². The SMILES string of the molecule is COc1ccc(-c2nc(COC(=O)c3cc(OC)c(OC)cc3OC)cs2)cc1. The van der Waals surface area contributed by atoms with Crippen LogP contribution in [0.2, 0.25) is 0 Å². The van der Waals surface area contributed by atoms with Gasteiger partial charge in [-0.1, -0.05) is 0 Å². The third-order valence-corrected chi connectivity index (χ3v) is 5.11. The fourth-order valence-corrected chi connectivity index (χ4v) is 3.46. The fraction of sp³-hybridized carbons (Fsp3) is 0.238. The normalized spacial score (nSPS) is 10.3. The minimum Gasteiger partial charge on any atom is -0.497 e. The van der Waals surface area contributed by atoms with Gasteiger partial charge in [0.15, 0.2) is 11.5 Å². The molecule has 0 aliphatic carbocycles. The Bertz CT molecular complexity index is 983. The van der Waals surface area contributed by atoms with Crippen LogP contribution in [-0.2, 0) is 11.3 Å². The van der Waals surface area contributed by atoms with E-state index in [1.54, 1.807) is 13.2 Å². The van der Waals surface area contributed by atoms with Gasteiger partial charge in [0.25, 0.3) is 0 Å². The van der Waals surface area contributed by atoms with E-state index in [2.05, 4.69) is 4.98 Å². The largest absolute Gasteiger partial charge is 0.497 e. The zero-order valence-corrected chi connectivity index (χ0v) is 17.4. The lowest BCUT2D eigenvalue weighted by Gasteiger charge is -2.13. The van der Waals surface area contributed by atoms with E-state index >= 15 is 0 Å². The summed E-state index contributed by atoms with van der Waals surface area (Å²) in [6.07, 6.45) is 0. The van der Waals surface area contributed by atoms with E-state index in [0.29, 0.717) is 22.9 Å². The zero-order chi connectivity index (χ0) is 20.8. The van der Waals surface area contributed by atoms with Crippen molar-refractivity contribution in [2.75, 3.05) is 28.4 Å². The molecular formula is C21H21NO6S. The van der Waals surface area contributed by atoms with Crippen LogP contribution in [0.3, 0.4) is 0 Å². The van der Waals surface area contributed by atoms with Crippen LogP contribution >= 0.6 is 11.3 Å². The Morgan fingerprint density at radius 2 is 1.55 bits per heavy atom. The molecule has 8 heteroatoms. The molecule has 0 saturated carbocycles. The summed E-state index contributed by atoms with van der Waals surface area (Å²) in [7, 11) is 6.10. The van der Waals surface area contributed by atoms with Crippen molar-refractivity contribution in [3.8, 4) is 33.6 Å². The van der Waals surface area contributed by atoms with Gasteiger partial charge in [-0.15, -0.1) is 11.3 Å². The summed E-state index contributed by atoms with van der Waals surface area (Å²) in [5.74, 6) is 1.45. The lowest BCUT2D eigenvalue weighted by atomic mass is 10.1. The van der Waals surface area contributed by atoms with E-state index in [9.17, 15) is 4.79 Å². The molecule has 1 aromatic heterocycles. The van der Waals surface area contributed by atoms with Gasteiger partial charge >= 0.3 is 5.97 Å². The van der Waals surface area contributed by atoms with Gasteiger partial charge in [0.1, 0.15) is 28.7 Å². The molecule has 0 bridgehead atoms. The predicted molar refractivity (Wildman–Crippen MR) is 109 cm³/mol. The smallest absolute Gasteiger partial charge is 0.342 e. The van der Waals surface area contributed by atoms with Crippen LogP contribution in [0.25, 0.3) is 10.6 Å². The Labute approximate surface area is 172 Å². The number of nitrogens with zero attached hydrogens (tertiary/aromatic N) is 1. The van der Waals surface area contributed by atoms with Crippen molar-refractivity contribution in [2.24, 2.45) is 0 Å². The van der Waals surface area contributed by atoms with E-state index in [0.717, 1.165) is 16.3 Å². The Morgan fingerprint density at radius 1 is 0.897 bits per heavy atom. The molecule has 0 N–H and O–H groups in total. The third kappa shape index (κ3) is 4.60. The number of hydrogen-bond donors (Lipinski definition) is 0. The first-order valence-corrected chi connectivity index (χ1v) is 9.53. The number of hydrogen-bond acceptors (Lipinski definition) is 8. The molecule has 0 aliphatic rings. The van der Waals surface area contributed by atoms with Crippen LogP contribution in [0.5, 0.6) is 23.0 Å². The molecule has 2 aromatic carbocycles. The molecule has 0 amide bonds. The number of carbonyl (C=O) groups excluding carboxylic acids is 1. The van der Waals surface area contributed by atoms with Gasteiger partial charge in [0.05, 0.1) is 34.1 Å².